The van der Waals surface area contributed by atoms with Crippen molar-refractivity contribution in [3.05, 3.63) is 72.3 Å². The summed E-state index contributed by atoms with van der Waals surface area (Å²) in [4.78, 5) is 4.94. The van der Waals surface area contributed by atoms with Crippen LogP contribution in [0.2, 0.25) is 0 Å². The lowest BCUT2D eigenvalue weighted by molar-refractivity contribution is 0.355. The lowest BCUT2D eigenvalue weighted by Gasteiger charge is -2.13. The minimum atomic E-state index is 0.219. The molecule has 1 N–H and O–H groups in total. The van der Waals surface area contributed by atoms with E-state index in [0.717, 1.165) is 33.3 Å². The van der Waals surface area contributed by atoms with E-state index in [0.29, 0.717) is 11.5 Å². The van der Waals surface area contributed by atoms with Crippen LogP contribution >= 0.6 is 0 Å². The van der Waals surface area contributed by atoms with E-state index in [9.17, 15) is 5.11 Å². The minimum absolute atomic E-state index is 0.219. The minimum Gasteiger partial charge on any atom is -0.508 e. The van der Waals surface area contributed by atoms with Gasteiger partial charge in [-0.3, -0.25) is 0 Å². The lowest BCUT2D eigenvalue weighted by atomic mass is 9.99. The number of ether oxygens (including phenoxy) is 2. The van der Waals surface area contributed by atoms with Crippen molar-refractivity contribution in [2.75, 3.05) is 14.2 Å². The molecule has 4 nitrogen and oxygen atoms in total. The first kappa shape index (κ1) is 17.9. The molecule has 0 aliphatic heterocycles. The zero-order chi connectivity index (χ0) is 19.7. The molecule has 0 atom stereocenters. The maximum Gasteiger partial charge on any atom is 0.161 e. The van der Waals surface area contributed by atoms with Crippen molar-refractivity contribution in [1.29, 1.82) is 0 Å². The standard InChI is InChI=1S/C24H21NO3/c1-15-7-9-20-18(11-15)13-21(16-8-10-22(27-2)23(14-16)28-3)25-24(20)17-5-4-6-19(26)12-17/h4-14,26H,1-3H3. The molecule has 0 radical (unpaired) electrons. The van der Waals surface area contributed by atoms with Gasteiger partial charge in [-0.05, 0) is 48.7 Å². The Kier molecular flexibility index (Phi) is 4.62. The number of benzene rings is 3. The topological polar surface area (TPSA) is 51.6 Å². The number of fused-ring (bicyclic) bond motifs is 1. The van der Waals surface area contributed by atoms with Crippen molar-refractivity contribution >= 4 is 10.8 Å². The largest absolute Gasteiger partial charge is 0.508 e. The average molecular weight is 371 g/mol. The molecule has 0 spiro atoms. The summed E-state index contributed by atoms with van der Waals surface area (Å²) in [6, 6.07) is 21.3. The number of pyridine rings is 1. The van der Waals surface area contributed by atoms with Gasteiger partial charge in [0.25, 0.3) is 0 Å². The fourth-order valence-electron chi connectivity index (χ4n) is 3.39. The van der Waals surface area contributed by atoms with Gasteiger partial charge in [-0.15, -0.1) is 0 Å². The number of hydrogen-bond acceptors (Lipinski definition) is 4. The molecular formula is C24H21NO3. The summed E-state index contributed by atoms with van der Waals surface area (Å²) in [6.07, 6.45) is 0. The number of aromatic nitrogens is 1. The van der Waals surface area contributed by atoms with Crippen LogP contribution in [0.1, 0.15) is 5.56 Å². The van der Waals surface area contributed by atoms with E-state index in [2.05, 4.69) is 31.2 Å². The van der Waals surface area contributed by atoms with E-state index in [4.69, 9.17) is 14.5 Å². The normalized spacial score (nSPS) is 10.8. The quantitative estimate of drug-likeness (QED) is 0.507. The Morgan fingerprint density at radius 2 is 1.61 bits per heavy atom. The molecule has 4 heteroatoms. The Bertz CT molecular complexity index is 1170. The number of rotatable bonds is 4. The Hall–Kier alpha value is -3.53. The monoisotopic (exact) mass is 371 g/mol. The van der Waals surface area contributed by atoms with Crippen LogP contribution in [0, 0.1) is 6.92 Å². The fraction of sp³-hybridized carbons (Fsp3) is 0.125. The highest BCUT2D eigenvalue weighted by molar-refractivity contribution is 5.97. The fourth-order valence-corrected chi connectivity index (χ4v) is 3.39. The number of phenolic OH excluding ortho intramolecular Hbond substituents is 1. The van der Waals surface area contributed by atoms with E-state index >= 15 is 0 Å². The molecule has 0 saturated carbocycles. The molecule has 0 unspecified atom stereocenters. The van der Waals surface area contributed by atoms with Gasteiger partial charge in [0.1, 0.15) is 5.75 Å². The number of aryl methyl sites for hydroxylation is 1. The summed E-state index contributed by atoms with van der Waals surface area (Å²) in [5.74, 6) is 1.55. The van der Waals surface area contributed by atoms with Gasteiger partial charge in [0, 0.05) is 16.5 Å². The molecule has 0 saturated heterocycles. The number of nitrogens with zero attached hydrogens (tertiary/aromatic N) is 1. The summed E-state index contributed by atoms with van der Waals surface area (Å²) in [7, 11) is 3.24. The van der Waals surface area contributed by atoms with E-state index in [1.54, 1.807) is 26.4 Å². The van der Waals surface area contributed by atoms with Gasteiger partial charge >= 0.3 is 0 Å². The van der Waals surface area contributed by atoms with Crippen LogP contribution in [-0.2, 0) is 0 Å². The van der Waals surface area contributed by atoms with Crippen LogP contribution in [0.25, 0.3) is 33.3 Å². The lowest BCUT2D eigenvalue weighted by Crippen LogP contribution is -1.94. The van der Waals surface area contributed by atoms with Gasteiger partial charge in [-0.25, -0.2) is 4.98 Å². The summed E-state index contributed by atoms with van der Waals surface area (Å²) >= 11 is 0. The third kappa shape index (κ3) is 3.25. The Labute approximate surface area is 164 Å². The second-order valence-electron chi connectivity index (χ2n) is 6.70. The van der Waals surface area contributed by atoms with Crippen molar-refractivity contribution < 1.29 is 14.6 Å². The van der Waals surface area contributed by atoms with Gasteiger partial charge in [-0.1, -0.05) is 35.9 Å². The molecule has 0 bridgehead atoms. The van der Waals surface area contributed by atoms with Crippen molar-refractivity contribution in [2.24, 2.45) is 0 Å². The van der Waals surface area contributed by atoms with Gasteiger partial charge in [0.05, 0.1) is 25.6 Å². The summed E-state index contributed by atoms with van der Waals surface area (Å²) in [5, 5.41) is 12.1. The zero-order valence-electron chi connectivity index (χ0n) is 16.1. The molecule has 1 heterocycles. The van der Waals surface area contributed by atoms with Gasteiger partial charge in [-0.2, -0.15) is 0 Å². The van der Waals surface area contributed by atoms with Gasteiger partial charge < -0.3 is 14.6 Å². The van der Waals surface area contributed by atoms with Crippen molar-refractivity contribution in [2.45, 2.75) is 6.92 Å². The van der Waals surface area contributed by atoms with Crippen molar-refractivity contribution in [3.8, 4) is 39.8 Å². The second kappa shape index (κ2) is 7.24. The van der Waals surface area contributed by atoms with Crippen LogP contribution < -0.4 is 9.47 Å². The maximum atomic E-state index is 9.94. The third-order valence-electron chi connectivity index (χ3n) is 4.79. The molecule has 28 heavy (non-hydrogen) atoms. The highest BCUT2D eigenvalue weighted by Crippen LogP contribution is 2.36. The predicted octanol–water partition coefficient (Wildman–Crippen LogP) is 5.60. The molecule has 0 fully saturated rings. The number of methoxy groups -OCH3 is 2. The van der Waals surface area contributed by atoms with E-state index in [1.165, 1.54) is 5.56 Å². The molecule has 1 aromatic heterocycles. The number of phenols is 1. The second-order valence-corrected chi connectivity index (χ2v) is 6.70. The predicted molar refractivity (Wildman–Crippen MR) is 112 cm³/mol. The van der Waals surface area contributed by atoms with E-state index in [-0.39, 0.29) is 5.75 Å². The summed E-state index contributed by atoms with van der Waals surface area (Å²) < 4.78 is 10.8. The highest BCUT2D eigenvalue weighted by atomic mass is 16.5. The van der Waals surface area contributed by atoms with Gasteiger partial charge in [0.15, 0.2) is 11.5 Å². The van der Waals surface area contributed by atoms with Crippen LogP contribution in [0.15, 0.2) is 66.7 Å². The first-order valence-electron chi connectivity index (χ1n) is 9.02. The number of hydrogen-bond donors (Lipinski definition) is 1. The van der Waals surface area contributed by atoms with Gasteiger partial charge in [0.2, 0.25) is 0 Å². The average Bonchev–Trinajstić information content (AvgIpc) is 2.72. The Morgan fingerprint density at radius 1 is 0.786 bits per heavy atom. The zero-order valence-corrected chi connectivity index (χ0v) is 16.1. The molecule has 3 aromatic carbocycles. The molecule has 0 aliphatic rings. The Balaban J connectivity index is 1.98. The van der Waals surface area contributed by atoms with E-state index < -0.39 is 0 Å². The molecule has 140 valence electrons. The molecular weight excluding hydrogens is 350 g/mol. The van der Waals surface area contributed by atoms with Crippen molar-refractivity contribution in [1.82, 2.24) is 4.98 Å². The van der Waals surface area contributed by atoms with Crippen LogP contribution in [-0.4, -0.2) is 24.3 Å². The molecule has 0 aliphatic carbocycles. The van der Waals surface area contributed by atoms with Crippen LogP contribution in [0.5, 0.6) is 17.2 Å². The third-order valence-corrected chi connectivity index (χ3v) is 4.79. The SMILES string of the molecule is COc1ccc(-c2cc3cc(C)ccc3c(-c3cccc(O)c3)n2)cc1OC. The summed E-state index contributed by atoms with van der Waals surface area (Å²) in [6.45, 7) is 2.07. The summed E-state index contributed by atoms with van der Waals surface area (Å²) in [5.41, 5.74) is 4.65. The first-order valence-corrected chi connectivity index (χ1v) is 9.02. The van der Waals surface area contributed by atoms with Crippen LogP contribution in [0.3, 0.4) is 0 Å². The first-order chi connectivity index (χ1) is 13.6. The molecule has 4 rings (SSSR count). The highest BCUT2D eigenvalue weighted by Gasteiger charge is 2.13. The Morgan fingerprint density at radius 3 is 2.36 bits per heavy atom. The maximum absolute atomic E-state index is 9.94. The molecule has 4 aromatic rings. The van der Waals surface area contributed by atoms with Crippen molar-refractivity contribution in [3.63, 3.8) is 0 Å². The smallest absolute Gasteiger partial charge is 0.161 e. The van der Waals surface area contributed by atoms with E-state index in [1.807, 2.05) is 30.3 Å². The number of aromatic hydroxyl groups is 1. The van der Waals surface area contributed by atoms with Crippen LogP contribution in [0.4, 0.5) is 0 Å². The molecule has 0 amide bonds.